The number of urea groups is 1. The summed E-state index contributed by atoms with van der Waals surface area (Å²) < 4.78 is 4.82. The van der Waals surface area contributed by atoms with Crippen molar-refractivity contribution in [2.24, 2.45) is 0 Å². The lowest BCUT2D eigenvalue weighted by atomic mass is 9.76. The predicted molar refractivity (Wildman–Crippen MR) is 99.3 cm³/mol. The minimum atomic E-state index is -1.17. The third kappa shape index (κ3) is 4.05. The number of likely N-dealkylation sites (N-methyl/N-ethyl adjacent to an activating group) is 1. The van der Waals surface area contributed by atoms with E-state index >= 15 is 0 Å². The van der Waals surface area contributed by atoms with Crippen molar-refractivity contribution in [3.8, 4) is 0 Å². The van der Waals surface area contributed by atoms with Crippen LogP contribution in [0.2, 0.25) is 0 Å². The fraction of sp³-hybridized carbons (Fsp3) is 0.421. The van der Waals surface area contributed by atoms with Crippen LogP contribution in [0, 0.1) is 0 Å². The Labute approximate surface area is 166 Å². The first-order valence-electron chi connectivity index (χ1n) is 9.23. The highest BCUT2D eigenvalue weighted by molar-refractivity contribution is 6.09. The van der Waals surface area contributed by atoms with Gasteiger partial charge in [0.1, 0.15) is 12.1 Å². The van der Waals surface area contributed by atoms with Crippen molar-refractivity contribution in [3.05, 3.63) is 35.4 Å². The van der Waals surface area contributed by atoms with Crippen molar-refractivity contribution >= 4 is 29.7 Å². The van der Waals surface area contributed by atoms with Crippen LogP contribution in [0.15, 0.2) is 24.3 Å². The van der Waals surface area contributed by atoms with Crippen LogP contribution in [0.3, 0.4) is 0 Å². The molecule has 2 aliphatic rings. The SMILES string of the molecule is CNC(=O)CNC(=O)COC(=O)CN1C(=O)N[C@@]2(CCCc3ccccc32)C1=O. The van der Waals surface area contributed by atoms with Gasteiger partial charge in [0.15, 0.2) is 6.61 Å². The van der Waals surface area contributed by atoms with Crippen LogP contribution in [-0.2, 0) is 35.9 Å². The van der Waals surface area contributed by atoms with Crippen LogP contribution >= 0.6 is 0 Å². The second kappa shape index (κ2) is 8.29. The molecule has 0 radical (unpaired) electrons. The maximum atomic E-state index is 13.1. The molecule has 0 unspecified atom stereocenters. The van der Waals surface area contributed by atoms with Gasteiger partial charge in [-0.1, -0.05) is 24.3 Å². The molecule has 0 bridgehead atoms. The number of benzene rings is 1. The molecule has 154 valence electrons. The Bertz CT molecular complexity index is 870. The van der Waals surface area contributed by atoms with Gasteiger partial charge in [-0.2, -0.15) is 0 Å². The van der Waals surface area contributed by atoms with E-state index in [1.165, 1.54) is 7.05 Å². The zero-order valence-corrected chi connectivity index (χ0v) is 15.9. The zero-order valence-electron chi connectivity index (χ0n) is 15.9. The number of carbonyl (C=O) groups is 5. The highest BCUT2D eigenvalue weighted by atomic mass is 16.5. The number of imide groups is 1. The van der Waals surface area contributed by atoms with Gasteiger partial charge in [-0.3, -0.25) is 24.1 Å². The van der Waals surface area contributed by atoms with Crippen molar-refractivity contribution in [1.29, 1.82) is 0 Å². The summed E-state index contributed by atoms with van der Waals surface area (Å²) in [7, 11) is 1.42. The standard InChI is InChI=1S/C19H22N4O6/c1-20-14(24)9-21-15(25)11-29-16(26)10-23-17(27)19(22-18(23)28)8-4-6-12-5-2-3-7-13(12)19/h2-3,5,7H,4,6,8-11H2,1H3,(H,20,24)(H,21,25)(H,22,28)/t19-/m1/s1. The molecule has 1 atom stereocenters. The molecule has 1 heterocycles. The third-order valence-corrected chi connectivity index (χ3v) is 5.03. The van der Waals surface area contributed by atoms with Gasteiger partial charge in [0.25, 0.3) is 11.8 Å². The first kappa shape index (κ1) is 20.3. The summed E-state index contributed by atoms with van der Waals surface area (Å²) in [6, 6.07) is 6.74. The van der Waals surface area contributed by atoms with Gasteiger partial charge in [-0.05, 0) is 30.4 Å². The van der Waals surface area contributed by atoms with Gasteiger partial charge >= 0.3 is 12.0 Å². The highest BCUT2D eigenvalue weighted by Gasteiger charge is 2.54. The summed E-state index contributed by atoms with van der Waals surface area (Å²) >= 11 is 0. The number of carbonyl (C=O) groups excluding carboxylic acids is 5. The van der Waals surface area contributed by atoms with E-state index in [-0.39, 0.29) is 6.54 Å². The van der Waals surface area contributed by atoms with Crippen molar-refractivity contribution < 1.29 is 28.7 Å². The molecule has 29 heavy (non-hydrogen) atoms. The number of fused-ring (bicyclic) bond motifs is 2. The lowest BCUT2D eigenvalue weighted by Crippen LogP contribution is -2.47. The topological polar surface area (TPSA) is 134 Å². The highest BCUT2D eigenvalue weighted by Crippen LogP contribution is 2.39. The summed E-state index contributed by atoms with van der Waals surface area (Å²) in [5.41, 5.74) is 0.565. The number of rotatable bonds is 6. The largest absolute Gasteiger partial charge is 0.454 e. The third-order valence-electron chi connectivity index (χ3n) is 5.03. The van der Waals surface area contributed by atoms with Crippen LogP contribution < -0.4 is 16.0 Å². The first-order chi connectivity index (χ1) is 13.9. The molecule has 10 nitrogen and oxygen atoms in total. The Balaban J connectivity index is 1.61. The monoisotopic (exact) mass is 402 g/mol. The molecule has 3 rings (SSSR count). The second-order valence-electron chi connectivity index (χ2n) is 6.85. The number of amides is 5. The zero-order chi connectivity index (χ0) is 21.0. The smallest absolute Gasteiger partial charge is 0.326 e. The maximum absolute atomic E-state index is 13.1. The van der Waals surface area contributed by atoms with Gasteiger partial charge < -0.3 is 20.7 Å². The molecule has 3 N–H and O–H groups in total. The number of aryl methyl sites for hydroxylation is 1. The van der Waals surface area contributed by atoms with E-state index in [9.17, 15) is 24.0 Å². The average Bonchev–Trinajstić information content (AvgIpc) is 2.95. The number of hydrogen-bond acceptors (Lipinski definition) is 6. The number of nitrogens with zero attached hydrogens (tertiary/aromatic N) is 1. The number of hydrogen-bond donors (Lipinski definition) is 3. The summed E-state index contributed by atoms with van der Waals surface area (Å²) in [6.45, 7) is -1.47. The van der Waals surface area contributed by atoms with E-state index in [1.54, 1.807) is 6.07 Å². The summed E-state index contributed by atoms with van der Waals surface area (Å²) in [6.07, 6.45) is 1.99. The average molecular weight is 402 g/mol. The summed E-state index contributed by atoms with van der Waals surface area (Å²) in [4.78, 5) is 61.0. The Morgan fingerprint density at radius 3 is 2.72 bits per heavy atom. The van der Waals surface area contributed by atoms with E-state index in [0.29, 0.717) is 6.42 Å². The molecule has 1 saturated heterocycles. The van der Waals surface area contributed by atoms with Gasteiger partial charge in [0, 0.05) is 7.05 Å². The van der Waals surface area contributed by atoms with Crippen molar-refractivity contribution in [1.82, 2.24) is 20.9 Å². The van der Waals surface area contributed by atoms with E-state index in [4.69, 9.17) is 4.74 Å². The Morgan fingerprint density at radius 1 is 1.21 bits per heavy atom. The van der Waals surface area contributed by atoms with Gasteiger partial charge in [-0.15, -0.1) is 0 Å². The minimum absolute atomic E-state index is 0.248. The van der Waals surface area contributed by atoms with Crippen LogP contribution in [0.1, 0.15) is 24.0 Å². The quantitative estimate of drug-likeness (QED) is 0.420. The summed E-state index contributed by atoms with van der Waals surface area (Å²) in [5, 5.41) is 7.34. The molecule has 10 heteroatoms. The molecule has 5 amide bonds. The Kier molecular flexibility index (Phi) is 5.81. The van der Waals surface area contributed by atoms with Crippen molar-refractivity contribution in [2.75, 3.05) is 26.7 Å². The lowest BCUT2D eigenvalue weighted by molar-refractivity contribution is -0.151. The van der Waals surface area contributed by atoms with Crippen molar-refractivity contribution in [3.63, 3.8) is 0 Å². The van der Waals surface area contributed by atoms with Crippen LogP contribution in [-0.4, -0.2) is 61.4 Å². The molecule has 0 saturated carbocycles. The molecule has 1 spiro atoms. The normalized spacial score (nSPS) is 20.1. The van der Waals surface area contributed by atoms with Crippen molar-refractivity contribution in [2.45, 2.75) is 24.8 Å². The molecule has 0 aromatic heterocycles. The van der Waals surface area contributed by atoms with E-state index in [2.05, 4.69) is 16.0 Å². The van der Waals surface area contributed by atoms with Crippen LogP contribution in [0.25, 0.3) is 0 Å². The van der Waals surface area contributed by atoms with Crippen LogP contribution in [0.4, 0.5) is 4.79 Å². The molecular weight excluding hydrogens is 380 g/mol. The minimum Gasteiger partial charge on any atom is -0.454 e. The summed E-state index contributed by atoms with van der Waals surface area (Å²) in [5.74, 6) is -2.47. The van der Waals surface area contributed by atoms with Gasteiger partial charge in [-0.25, -0.2) is 4.79 Å². The fourth-order valence-corrected chi connectivity index (χ4v) is 3.59. The number of ether oxygens (including phenoxy) is 1. The molecule has 1 aromatic rings. The first-order valence-corrected chi connectivity index (χ1v) is 9.23. The van der Waals surface area contributed by atoms with Crippen LogP contribution in [0.5, 0.6) is 0 Å². The Hall–Kier alpha value is -3.43. The van der Waals surface area contributed by atoms with Gasteiger partial charge in [0.2, 0.25) is 5.91 Å². The van der Waals surface area contributed by atoms with E-state index in [1.807, 2.05) is 18.2 Å². The molecule has 1 aliphatic heterocycles. The maximum Gasteiger partial charge on any atom is 0.326 e. The van der Waals surface area contributed by atoms with E-state index in [0.717, 1.165) is 28.9 Å². The van der Waals surface area contributed by atoms with E-state index < -0.39 is 48.4 Å². The lowest BCUT2D eigenvalue weighted by Gasteiger charge is -2.33. The molecular formula is C19H22N4O6. The Morgan fingerprint density at radius 2 is 1.97 bits per heavy atom. The predicted octanol–water partition coefficient (Wildman–Crippen LogP) is -0.825. The van der Waals surface area contributed by atoms with Gasteiger partial charge in [0.05, 0.1) is 6.54 Å². The fourth-order valence-electron chi connectivity index (χ4n) is 3.59. The molecule has 1 aliphatic carbocycles. The molecule has 1 fully saturated rings. The number of esters is 1. The number of nitrogens with one attached hydrogen (secondary N) is 3. The molecule has 1 aromatic carbocycles. The second-order valence-corrected chi connectivity index (χ2v) is 6.85.